The zero-order valence-corrected chi connectivity index (χ0v) is 17.5. The number of nitrogens with zero attached hydrogens (tertiary/aromatic N) is 1. The third kappa shape index (κ3) is 3.56. The quantitative estimate of drug-likeness (QED) is 0.438. The Bertz CT molecular complexity index is 1140. The Balaban J connectivity index is 1.70. The number of ether oxygens (including phenoxy) is 1. The smallest absolute Gasteiger partial charge is 0.156 e. The van der Waals surface area contributed by atoms with E-state index in [1.807, 2.05) is 24.3 Å². The maximum atomic E-state index is 11.2. The van der Waals surface area contributed by atoms with Gasteiger partial charge in [-0.2, -0.15) is 5.10 Å². The van der Waals surface area contributed by atoms with Crippen LogP contribution in [0.3, 0.4) is 0 Å². The van der Waals surface area contributed by atoms with Crippen LogP contribution in [0.1, 0.15) is 35.2 Å². The fraction of sp³-hybridized carbons (Fsp3) is 0.231. The summed E-state index contributed by atoms with van der Waals surface area (Å²) >= 11 is 0. The summed E-state index contributed by atoms with van der Waals surface area (Å²) in [7, 11) is 1.68. The van der Waals surface area contributed by atoms with Crippen molar-refractivity contribution in [1.29, 1.82) is 0 Å². The van der Waals surface area contributed by atoms with Crippen molar-refractivity contribution < 1.29 is 9.53 Å². The number of carbonyl (C=O) groups excluding carboxylic acids is 1. The molecule has 31 heavy (non-hydrogen) atoms. The maximum absolute atomic E-state index is 11.2. The van der Waals surface area contributed by atoms with E-state index in [1.165, 1.54) is 18.4 Å². The fourth-order valence-corrected chi connectivity index (χ4v) is 4.45. The molecular formula is C26H25N3O2. The summed E-state index contributed by atoms with van der Waals surface area (Å²) in [5.74, 6) is 1.70. The Hall–Kier alpha value is -3.60. The molecule has 156 valence electrons. The van der Waals surface area contributed by atoms with Crippen LogP contribution in [0.4, 0.5) is 5.82 Å². The Morgan fingerprint density at radius 3 is 2.52 bits per heavy atom. The highest BCUT2D eigenvalue weighted by atomic mass is 16.5. The van der Waals surface area contributed by atoms with Gasteiger partial charge >= 0.3 is 0 Å². The molecule has 5 nitrogen and oxygen atoms in total. The number of hydrogen-bond acceptors (Lipinski definition) is 4. The normalized spacial score (nSPS) is 20.2. The second-order valence-corrected chi connectivity index (χ2v) is 8.18. The number of fused-ring (bicyclic) bond motifs is 1. The number of anilines is 1. The average Bonchev–Trinajstić information content (AvgIpc) is 3.56. The van der Waals surface area contributed by atoms with Crippen LogP contribution in [0.5, 0.6) is 5.75 Å². The van der Waals surface area contributed by atoms with Crippen molar-refractivity contribution in [3.05, 3.63) is 95.2 Å². The molecule has 1 heterocycles. The summed E-state index contributed by atoms with van der Waals surface area (Å²) < 4.78 is 5.38. The summed E-state index contributed by atoms with van der Waals surface area (Å²) in [6.45, 7) is 0. The highest BCUT2D eigenvalue weighted by Crippen LogP contribution is 2.46. The molecule has 1 saturated carbocycles. The van der Waals surface area contributed by atoms with E-state index in [-0.39, 0.29) is 0 Å². The summed E-state index contributed by atoms with van der Waals surface area (Å²) in [5, 5.41) is 11.4. The number of hydrogen-bond donors (Lipinski definition) is 2. The van der Waals surface area contributed by atoms with Crippen molar-refractivity contribution in [1.82, 2.24) is 10.2 Å². The number of allylic oxidation sites excluding steroid dienone is 4. The molecule has 1 unspecified atom stereocenters. The molecule has 0 bridgehead atoms. The summed E-state index contributed by atoms with van der Waals surface area (Å²) in [4.78, 5) is 11.2. The Morgan fingerprint density at radius 2 is 1.84 bits per heavy atom. The first-order valence-corrected chi connectivity index (χ1v) is 10.6. The number of carbonyl (C=O) groups is 1. The molecule has 0 spiro atoms. The monoisotopic (exact) mass is 411 g/mol. The van der Waals surface area contributed by atoms with Gasteiger partial charge in [-0.25, -0.2) is 0 Å². The zero-order chi connectivity index (χ0) is 21.3. The van der Waals surface area contributed by atoms with Crippen molar-refractivity contribution in [3.63, 3.8) is 0 Å². The first-order valence-electron chi connectivity index (χ1n) is 10.6. The van der Waals surface area contributed by atoms with Crippen LogP contribution in [0.2, 0.25) is 0 Å². The van der Waals surface area contributed by atoms with E-state index < -0.39 is 5.41 Å². The van der Waals surface area contributed by atoms with Crippen molar-refractivity contribution in [2.24, 2.45) is 0 Å². The highest BCUT2D eigenvalue weighted by molar-refractivity contribution is 5.88. The summed E-state index contributed by atoms with van der Waals surface area (Å²) in [5.41, 5.74) is 5.07. The molecule has 1 atom stereocenters. The molecule has 5 heteroatoms. The molecule has 0 radical (unpaired) electrons. The second-order valence-electron chi connectivity index (χ2n) is 8.18. The minimum atomic E-state index is -0.396. The topological polar surface area (TPSA) is 67.0 Å². The zero-order valence-electron chi connectivity index (χ0n) is 17.5. The molecule has 1 aromatic heterocycles. The standard InChI is InChI=1S/C26H25N3O2/c1-31-22-13-9-20(10-14-22)26(19-7-3-2-4-8-19)16-18(6-5-15-30)24-23(17-26)28-29-25(24)27-21-11-12-21/h2-10,13-16,21H,11-12,17H2,1H3,(H2,27,28,29). The van der Waals surface area contributed by atoms with Gasteiger partial charge in [0.05, 0.1) is 7.11 Å². The van der Waals surface area contributed by atoms with Crippen LogP contribution < -0.4 is 10.1 Å². The maximum Gasteiger partial charge on any atom is 0.156 e. The third-order valence-corrected chi connectivity index (χ3v) is 6.15. The summed E-state index contributed by atoms with van der Waals surface area (Å²) in [6, 6.07) is 19.2. The largest absolute Gasteiger partial charge is 0.497 e. The van der Waals surface area contributed by atoms with Gasteiger partial charge in [-0.15, -0.1) is 0 Å². The third-order valence-electron chi connectivity index (χ3n) is 6.15. The Kier molecular flexibility index (Phi) is 4.94. The number of rotatable bonds is 7. The molecule has 3 aromatic rings. The van der Waals surface area contributed by atoms with Gasteiger partial charge in [-0.1, -0.05) is 54.6 Å². The lowest BCUT2D eigenvalue weighted by molar-refractivity contribution is -0.104. The van der Waals surface area contributed by atoms with Crippen LogP contribution in [0.25, 0.3) is 5.57 Å². The number of nitrogens with one attached hydrogen (secondary N) is 2. The van der Waals surface area contributed by atoms with Crippen LogP contribution in [0, 0.1) is 0 Å². The van der Waals surface area contributed by atoms with E-state index in [0.717, 1.165) is 46.7 Å². The van der Waals surface area contributed by atoms with Crippen molar-refractivity contribution in [3.8, 4) is 5.75 Å². The van der Waals surface area contributed by atoms with E-state index in [4.69, 9.17) is 4.74 Å². The number of aromatic nitrogens is 2. The number of H-pyrrole nitrogens is 1. The van der Waals surface area contributed by atoms with Crippen molar-refractivity contribution in [2.45, 2.75) is 30.7 Å². The molecule has 2 aliphatic carbocycles. The van der Waals surface area contributed by atoms with Crippen molar-refractivity contribution in [2.75, 3.05) is 12.4 Å². The molecule has 0 amide bonds. The SMILES string of the molecule is COc1ccc(C2(c3ccccc3)C=C(C=CC=O)c3c(NC4CC4)n[nH]c3C2)cc1. The van der Waals surface area contributed by atoms with Crippen LogP contribution in [-0.4, -0.2) is 29.6 Å². The van der Waals surface area contributed by atoms with Crippen LogP contribution >= 0.6 is 0 Å². The molecule has 2 aliphatic rings. The molecule has 0 aliphatic heterocycles. The van der Waals surface area contributed by atoms with Gasteiger partial charge in [0.15, 0.2) is 5.82 Å². The lowest BCUT2D eigenvalue weighted by atomic mass is 9.67. The van der Waals surface area contributed by atoms with Crippen LogP contribution in [-0.2, 0) is 16.6 Å². The fourth-order valence-electron chi connectivity index (χ4n) is 4.45. The van der Waals surface area contributed by atoms with E-state index in [0.29, 0.717) is 6.04 Å². The average molecular weight is 412 g/mol. The van der Waals surface area contributed by atoms with E-state index in [2.05, 4.69) is 58.0 Å². The van der Waals surface area contributed by atoms with E-state index in [9.17, 15) is 4.79 Å². The van der Waals surface area contributed by atoms with E-state index >= 15 is 0 Å². The number of methoxy groups -OCH3 is 1. The van der Waals surface area contributed by atoms with Gasteiger partial charge in [-0.3, -0.25) is 9.89 Å². The molecule has 0 saturated heterocycles. The molecule has 5 rings (SSSR count). The number of aldehydes is 1. The first kappa shape index (κ1) is 19.4. The predicted molar refractivity (Wildman–Crippen MR) is 122 cm³/mol. The van der Waals surface area contributed by atoms with Gasteiger partial charge in [0, 0.05) is 29.1 Å². The number of benzene rings is 2. The van der Waals surface area contributed by atoms with Gasteiger partial charge < -0.3 is 10.1 Å². The van der Waals surface area contributed by atoms with Gasteiger partial charge in [0.2, 0.25) is 0 Å². The second kappa shape index (κ2) is 7.91. The lowest BCUT2D eigenvalue weighted by Crippen LogP contribution is -2.31. The Morgan fingerprint density at radius 1 is 1.10 bits per heavy atom. The Labute approximate surface area is 181 Å². The molecular weight excluding hydrogens is 386 g/mol. The van der Waals surface area contributed by atoms with Crippen LogP contribution in [0.15, 0.2) is 72.8 Å². The molecule has 1 fully saturated rings. The van der Waals surface area contributed by atoms with E-state index in [1.54, 1.807) is 13.2 Å². The first-order chi connectivity index (χ1) is 15.2. The minimum absolute atomic E-state index is 0.396. The highest BCUT2D eigenvalue weighted by Gasteiger charge is 2.39. The summed E-state index contributed by atoms with van der Waals surface area (Å²) in [6.07, 6.45) is 9.63. The van der Waals surface area contributed by atoms with Gasteiger partial charge in [0.1, 0.15) is 12.0 Å². The number of aromatic amines is 1. The minimum Gasteiger partial charge on any atom is -0.497 e. The van der Waals surface area contributed by atoms with Crippen molar-refractivity contribution >= 4 is 17.7 Å². The van der Waals surface area contributed by atoms with Gasteiger partial charge in [-0.05, 0) is 47.8 Å². The lowest BCUT2D eigenvalue weighted by Gasteiger charge is -2.36. The van der Waals surface area contributed by atoms with Gasteiger partial charge in [0.25, 0.3) is 0 Å². The predicted octanol–water partition coefficient (Wildman–Crippen LogP) is 4.67. The molecule has 2 N–H and O–H groups in total. The molecule has 2 aromatic carbocycles.